The SMILES string of the molecule is CCCN(Cc1c(OC)cc(OCC)cc1OC)C(=O)C(C1C=CC=CC1)C1CCNCC1. The minimum absolute atomic E-state index is 0.0143. The average molecular weight is 457 g/mol. The number of hydrogen-bond donors (Lipinski definition) is 1. The fraction of sp³-hybridized carbons (Fsp3) is 0.593. The maximum Gasteiger partial charge on any atom is 0.226 e. The summed E-state index contributed by atoms with van der Waals surface area (Å²) in [6.07, 6.45) is 12.5. The topological polar surface area (TPSA) is 60.0 Å². The number of methoxy groups -OCH3 is 2. The highest BCUT2D eigenvalue weighted by molar-refractivity contribution is 5.80. The smallest absolute Gasteiger partial charge is 0.226 e. The van der Waals surface area contributed by atoms with Crippen molar-refractivity contribution in [3.63, 3.8) is 0 Å². The van der Waals surface area contributed by atoms with Gasteiger partial charge in [-0.15, -0.1) is 0 Å². The van der Waals surface area contributed by atoms with Gasteiger partial charge in [0.2, 0.25) is 5.91 Å². The second kappa shape index (κ2) is 12.7. The van der Waals surface area contributed by atoms with E-state index in [1.807, 2.05) is 24.0 Å². The van der Waals surface area contributed by atoms with Gasteiger partial charge < -0.3 is 24.4 Å². The zero-order valence-electron chi connectivity index (χ0n) is 20.6. The molecular formula is C27H40N2O4. The van der Waals surface area contributed by atoms with Gasteiger partial charge in [-0.2, -0.15) is 0 Å². The van der Waals surface area contributed by atoms with Crippen LogP contribution in [0, 0.1) is 17.8 Å². The lowest BCUT2D eigenvalue weighted by molar-refractivity contribution is -0.140. The summed E-state index contributed by atoms with van der Waals surface area (Å²) in [5.41, 5.74) is 0.883. The van der Waals surface area contributed by atoms with Crippen LogP contribution < -0.4 is 19.5 Å². The van der Waals surface area contributed by atoms with Crippen molar-refractivity contribution in [2.75, 3.05) is 40.5 Å². The maximum atomic E-state index is 14.1. The number of rotatable bonds is 11. The Kier molecular flexibility index (Phi) is 9.67. The molecule has 1 heterocycles. The van der Waals surface area contributed by atoms with Gasteiger partial charge in [0.15, 0.2) is 0 Å². The number of benzene rings is 1. The van der Waals surface area contributed by atoms with Crippen LogP contribution in [0.1, 0.15) is 45.1 Å². The number of allylic oxidation sites excluding steroid dienone is 4. The summed E-state index contributed by atoms with van der Waals surface area (Å²) < 4.78 is 17.1. The second-order valence-electron chi connectivity index (χ2n) is 8.82. The van der Waals surface area contributed by atoms with Crippen molar-refractivity contribution in [3.05, 3.63) is 42.0 Å². The predicted octanol–water partition coefficient (Wildman–Crippen LogP) is 4.59. The summed E-state index contributed by atoms with van der Waals surface area (Å²) in [7, 11) is 3.30. The molecule has 6 nitrogen and oxygen atoms in total. The highest BCUT2D eigenvalue weighted by Crippen LogP contribution is 2.38. The molecule has 0 aromatic heterocycles. The molecule has 33 heavy (non-hydrogen) atoms. The number of ether oxygens (including phenoxy) is 3. The lowest BCUT2D eigenvalue weighted by Gasteiger charge is -2.38. The summed E-state index contributed by atoms with van der Waals surface area (Å²) in [6.45, 7) is 7.75. The molecule has 2 atom stereocenters. The summed E-state index contributed by atoms with van der Waals surface area (Å²) in [4.78, 5) is 16.2. The fourth-order valence-corrected chi connectivity index (χ4v) is 5.11. The van der Waals surface area contributed by atoms with Crippen LogP contribution in [0.2, 0.25) is 0 Å². The molecule has 2 aliphatic rings. The summed E-state index contributed by atoms with van der Waals surface area (Å²) in [5.74, 6) is 2.94. The summed E-state index contributed by atoms with van der Waals surface area (Å²) >= 11 is 0. The minimum atomic E-state index is -0.0143. The molecule has 0 bridgehead atoms. The van der Waals surface area contributed by atoms with E-state index >= 15 is 0 Å². The Morgan fingerprint density at radius 2 is 1.82 bits per heavy atom. The molecule has 6 heteroatoms. The van der Waals surface area contributed by atoms with E-state index < -0.39 is 0 Å². The maximum absolute atomic E-state index is 14.1. The molecule has 1 saturated heterocycles. The number of amides is 1. The molecule has 1 fully saturated rings. The Bertz CT molecular complexity index is 804. The van der Waals surface area contributed by atoms with Gasteiger partial charge in [0.05, 0.1) is 32.9 Å². The van der Waals surface area contributed by atoms with Gasteiger partial charge in [0.1, 0.15) is 17.2 Å². The number of carbonyl (C=O) groups excluding carboxylic acids is 1. The number of piperidine rings is 1. The first kappa shape index (κ1) is 25.2. The fourth-order valence-electron chi connectivity index (χ4n) is 5.11. The van der Waals surface area contributed by atoms with Crippen molar-refractivity contribution < 1.29 is 19.0 Å². The summed E-state index contributed by atoms with van der Waals surface area (Å²) in [5, 5.41) is 3.45. The van der Waals surface area contributed by atoms with Crippen LogP contribution in [0.5, 0.6) is 17.2 Å². The van der Waals surface area contributed by atoms with Crippen LogP contribution in [-0.4, -0.2) is 51.3 Å². The van der Waals surface area contributed by atoms with E-state index in [0.717, 1.165) is 44.3 Å². The average Bonchev–Trinajstić information content (AvgIpc) is 2.85. The van der Waals surface area contributed by atoms with Gasteiger partial charge in [-0.3, -0.25) is 4.79 Å². The van der Waals surface area contributed by atoms with Crippen molar-refractivity contribution in [1.29, 1.82) is 0 Å². The van der Waals surface area contributed by atoms with Crippen LogP contribution >= 0.6 is 0 Å². The quantitative estimate of drug-likeness (QED) is 0.528. The standard InChI is InChI=1S/C27H40N2O4/c1-5-16-29(19-23-24(31-3)17-22(33-6-2)18-25(23)32-4)27(30)26(20-10-8-7-9-11-20)21-12-14-28-15-13-21/h7-10,17-18,20-21,26,28H,5-6,11-16,19H2,1-4H3. The van der Waals surface area contributed by atoms with Crippen LogP contribution in [0.15, 0.2) is 36.4 Å². The van der Waals surface area contributed by atoms with E-state index in [2.05, 4.69) is 36.5 Å². The lowest BCUT2D eigenvalue weighted by Crippen LogP contribution is -2.45. The number of nitrogens with one attached hydrogen (secondary N) is 1. The molecule has 2 unspecified atom stereocenters. The monoisotopic (exact) mass is 456 g/mol. The van der Waals surface area contributed by atoms with Gasteiger partial charge in [-0.25, -0.2) is 0 Å². The van der Waals surface area contributed by atoms with E-state index in [1.54, 1.807) is 14.2 Å². The van der Waals surface area contributed by atoms with E-state index in [1.165, 1.54) is 0 Å². The first-order valence-corrected chi connectivity index (χ1v) is 12.3. The molecule has 1 N–H and O–H groups in total. The Hall–Kier alpha value is -2.47. The lowest BCUT2D eigenvalue weighted by atomic mass is 9.74. The third-order valence-corrected chi connectivity index (χ3v) is 6.70. The highest BCUT2D eigenvalue weighted by atomic mass is 16.5. The molecule has 0 spiro atoms. The van der Waals surface area contributed by atoms with Crippen LogP contribution in [0.3, 0.4) is 0 Å². The van der Waals surface area contributed by atoms with Crippen molar-refractivity contribution >= 4 is 5.91 Å². The Labute approximate surface area is 199 Å². The molecule has 1 amide bonds. The highest BCUT2D eigenvalue weighted by Gasteiger charge is 2.37. The summed E-state index contributed by atoms with van der Waals surface area (Å²) in [6, 6.07) is 3.77. The van der Waals surface area contributed by atoms with Gasteiger partial charge in [0, 0.05) is 24.6 Å². The minimum Gasteiger partial charge on any atom is -0.496 e. The van der Waals surface area contributed by atoms with Gasteiger partial charge >= 0.3 is 0 Å². The van der Waals surface area contributed by atoms with Gasteiger partial charge in [0.25, 0.3) is 0 Å². The normalized spacial score (nSPS) is 19.2. The Morgan fingerprint density at radius 3 is 2.36 bits per heavy atom. The van der Waals surface area contributed by atoms with Crippen LogP contribution in [0.25, 0.3) is 0 Å². The van der Waals surface area contributed by atoms with Crippen molar-refractivity contribution in [3.8, 4) is 17.2 Å². The number of carbonyl (C=O) groups is 1. The molecule has 1 aromatic carbocycles. The van der Waals surface area contributed by atoms with E-state index in [-0.39, 0.29) is 17.7 Å². The van der Waals surface area contributed by atoms with Crippen molar-refractivity contribution in [2.24, 2.45) is 17.8 Å². The Balaban J connectivity index is 1.92. The first-order chi connectivity index (χ1) is 16.1. The molecule has 182 valence electrons. The molecule has 1 aromatic rings. The second-order valence-corrected chi connectivity index (χ2v) is 8.82. The Morgan fingerprint density at radius 1 is 1.12 bits per heavy atom. The number of hydrogen-bond acceptors (Lipinski definition) is 5. The molecular weight excluding hydrogens is 416 g/mol. The van der Waals surface area contributed by atoms with E-state index in [4.69, 9.17) is 14.2 Å². The van der Waals surface area contributed by atoms with E-state index in [9.17, 15) is 4.79 Å². The first-order valence-electron chi connectivity index (χ1n) is 12.3. The molecule has 1 aliphatic carbocycles. The largest absolute Gasteiger partial charge is 0.496 e. The molecule has 0 saturated carbocycles. The third-order valence-electron chi connectivity index (χ3n) is 6.70. The van der Waals surface area contributed by atoms with Crippen molar-refractivity contribution in [2.45, 2.75) is 46.1 Å². The van der Waals surface area contributed by atoms with Crippen molar-refractivity contribution in [1.82, 2.24) is 10.2 Å². The zero-order valence-corrected chi connectivity index (χ0v) is 20.6. The van der Waals surface area contributed by atoms with Gasteiger partial charge in [-0.05, 0) is 57.5 Å². The molecule has 3 rings (SSSR count). The molecule has 1 aliphatic heterocycles. The predicted molar refractivity (Wildman–Crippen MR) is 132 cm³/mol. The van der Waals surface area contributed by atoms with Gasteiger partial charge in [-0.1, -0.05) is 31.2 Å². The number of nitrogens with zero attached hydrogens (tertiary/aromatic N) is 1. The molecule has 0 radical (unpaired) electrons. The van der Waals surface area contributed by atoms with Crippen LogP contribution in [-0.2, 0) is 11.3 Å². The van der Waals surface area contributed by atoms with E-state index in [0.29, 0.717) is 42.9 Å². The zero-order chi connectivity index (χ0) is 23.6. The third kappa shape index (κ3) is 6.32. The van der Waals surface area contributed by atoms with Crippen LogP contribution in [0.4, 0.5) is 0 Å².